The Kier molecular flexibility index (Phi) is 3.57. The molecular weight excluding hydrogens is 208 g/mol. The Bertz CT molecular complexity index is 311. The quantitative estimate of drug-likeness (QED) is 0.790. The highest BCUT2D eigenvalue weighted by atomic mass is 35.5. The van der Waals surface area contributed by atoms with Crippen molar-refractivity contribution in [3.05, 3.63) is 22.4 Å². The average molecular weight is 219 g/mol. The molecule has 2 N–H and O–H groups in total. The van der Waals surface area contributed by atoms with Gasteiger partial charge in [-0.3, -0.25) is 0 Å². The highest BCUT2D eigenvalue weighted by Crippen LogP contribution is 2.27. The Hall–Kier alpha value is -0.740. The van der Waals surface area contributed by atoms with E-state index in [0.717, 1.165) is 5.69 Å². The van der Waals surface area contributed by atoms with Gasteiger partial charge in [-0.2, -0.15) is 0 Å². The molecule has 0 aliphatic rings. The van der Waals surface area contributed by atoms with Crippen molar-refractivity contribution >= 4 is 28.1 Å². The van der Waals surface area contributed by atoms with Crippen molar-refractivity contribution in [1.29, 1.82) is 0 Å². The first-order valence-electron chi connectivity index (χ1n) is 3.84. The van der Waals surface area contributed by atoms with Crippen LogP contribution in [0.4, 0.5) is 5.13 Å². The fourth-order valence-electron chi connectivity index (χ4n) is 0.901. The molecule has 0 bridgehead atoms. The number of hydrogen-bond acceptors (Lipinski definition) is 4. The molecule has 0 aromatic carbocycles. The third kappa shape index (κ3) is 2.90. The Morgan fingerprint density at radius 3 is 2.92 bits per heavy atom. The second kappa shape index (κ2) is 4.48. The van der Waals surface area contributed by atoms with Crippen molar-refractivity contribution in [2.24, 2.45) is 0 Å². The summed E-state index contributed by atoms with van der Waals surface area (Å²) in [5.74, 6) is 0.662. The summed E-state index contributed by atoms with van der Waals surface area (Å²) >= 11 is 7.13. The van der Waals surface area contributed by atoms with Gasteiger partial charge in [-0.1, -0.05) is 29.5 Å². The SMILES string of the molecule is C=C(Cc1nc(N)sc1Cl)OCC. The zero-order valence-corrected chi connectivity index (χ0v) is 8.91. The summed E-state index contributed by atoms with van der Waals surface area (Å²) in [4.78, 5) is 4.06. The Morgan fingerprint density at radius 2 is 2.46 bits per heavy atom. The molecule has 0 saturated heterocycles. The molecule has 3 nitrogen and oxygen atoms in total. The van der Waals surface area contributed by atoms with E-state index < -0.39 is 0 Å². The monoisotopic (exact) mass is 218 g/mol. The van der Waals surface area contributed by atoms with Crippen LogP contribution in [-0.4, -0.2) is 11.6 Å². The predicted molar refractivity (Wildman–Crippen MR) is 56.0 cm³/mol. The number of nitrogens with two attached hydrogens (primary N) is 1. The first-order valence-corrected chi connectivity index (χ1v) is 5.04. The summed E-state index contributed by atoms with van der Waals surface area (Å²) in [6, 6.07) is 0. The summed E-state index contributed by atoms with van der Waals surface area (Å²) in [6.07, 6.45) is 0.528. The zero-order chi connectivity index (χ0) is 9.84. The number of allylic oxidation sites excluding steroid dienone is 1. The maximum absolute atomic E-state index is 5.87. The van der Waals surface area contributed by atoms with E-state index in [-0.39, 0.29) is 0 Å². The van der Waals surface area contributed by atoms with Crippen molar-refractivity contribution in [1.82, 2.24) is 4.98 Å². The van der Waals surface area contributed by atoms with E-state index >= 15 is 0 Å². The van der Waals surface area contributed by atoms with E-state index in [2.05, 4.69) is 11.6 Å². The molecule has 0 aliphatic carbocycles. The molecule has 0 atom stereocenters. The van der Waals surface area contributed by atoms with Gasteiger partial charge in [-0.25, -0.2) is 4.98 Å². The molecule has 1 aromatic rings. The van der Waals surface area contributed by atoms with E-state index in [1.54, 1.807) is 0 Å². The lowest BCUT2D eigenvalue weighted by Gasteiger charge is -2.04. The number of ether oxygens (including phenoxy) is 1. The van der Waals surface area contributed by atoms with Gasteiger partial charge in [0.25, 0.3) is 0 Å². The second-order valence-electron chi connectivity index (χ2n) is 2.42. The Labute approximate surface area is 86.2 Å². The molecule has 0 saturated carbocycles. The van der Waals surface area contributed by atoms with Gasteiger partial charge in [-0.05, 0) is 6.92 Å². The van der Waals surface area contributed by atoms with Gasteiger partial charge in [0.05, 0.1) is 18.1 Å². The lowest BCUT2D eigenvalue weighted by molar-refractivity contribution is 0.224. The minimum atomic E-state index is 0.476. The highest BCUT2D eigenvalue weighted by Gasteiger charge is 2.08. The average Bonchev–Trinajstić information content (AvgIpc) is 2.30. The van der Waals surface area contributed by atoms with E-state index in [9.17, 15) is 0 Å². The molecule has 0 radical (unpaired) electrons. The summed E-state index contributed by atoms with van der Waals surface area (Å²) in [7, 11) is 0. The van der Waals surface area contributed by atoms with Gasteiger partial charge in [-0.15, -0.1) is 0 Å². The van der Waals surface area contributed by atoms with Crippen LogP contribution in [0.3, 0.4) is 0 Å². The number of halogens is 1. The van der Waals surface area contributed by atoms with Crippen molar-refractivity contribution in [2.45, 2.75) is 13.3 Å². The zero-order valence-electron chi connectivity index (χ0n) is 7.34. The van der Waals surface area contributed by atoms with Gasteiger partial charge in [0.1, 0.15) is 4.34 Å². The summed E-state index contributed by atoms with van der Waals surface area (Å²) in [5.41, 5.74) is 6.22. The van der Waals surface area contributed by atoms with Crippen LogP contribution in [0, 0.1) is 0 Å². The summed E-state index contributed by atoms with van der Waals surface area (Å²) in [6.45, 7) is 6.25. The van der Waals surface area contributed by atoms with Crippen LogP contribution in [0.2, 0.25) is 4.34 Å². The number of anilines is 1. The smallest absolute Gasteiger partial charge is 0.181 e. The summed E-state index contributed by atoms with van der Waals surface area (Å²) < 4.78 is 5.79. The standard InChI is InChI=1S/C8H11ClN2OS/c1-3-12-5(2)4-6-7(9)13-8(10)11-6/h2-4H2,1H3,(H2,10,11). The van der Waals surface area contributed by atoms with Crippen LogP contribution in [0.15, 0.2) is 12.3 Å². The number of rotatable bonds is 4. The molecule has 0 amide bonds. The minimum absolute atomic E-state index is 0.476. The molecule has 72 valence electrons. The largest absolute Gasteiger partial charge is 0.498 e. The molecule has 1 rings (SSSR count). The fraction of sp³-hybridized carbons (Fsp3) is 0.375. The Balaban J connectivity index is 2.63. The molecule has 5 heteroatoms. The van der Waals surface area contributed by atoms with Crippen molar-refractivity contribution < 1.29 is 4.74 Å². The maximum Gasteiger partial charge on any atom is 0.181 e. The number of thiazole rings is 1. The Morgan fingerprint density at radius 1 is 1.77 bits per heavy atom. The lowest BCUT2D eigenvalue weighted by atomic mass is 10.3. The van der Waals surface area contributed by atoms with Gasteiger partial charge >= 0.3 is 0 Å². The van der Waals surface area contributed by atoms with Crippen LogP contribution in [0.1, 0.15) is 12.6 Å². The van der Waals surface area contributed by atoms with Gasteiger partial charge in [0.15, 0.2) is 5.13 Å². The highest BCUT2D eigenvalue weighted by molar-refractivity contribution is 7.19. The van der Waals surface area contributed by atoms with E-state index in [4.69, 9.17) is 22.1 Å². The van der Waals surface area contributed by atoms with Crippen LogP contribution in [-0.2, 0) is 11.2 Å². The van der Waals surface area contributed by atoms with Crippen LogP contribution in [0.25, 0.3) is 0 Å². The van der Waals surface area contributed by atoms with E-state index in [1.807, 2.05) is 6.92 Å². The number of nitrogen functional groups attached to an aromatic ring is 1. The van der Waals surface area contributed by atoms with Crippen LogP contribution in [0.5, 0.6) is 0 Å². The fourth-order valence-corrected chi connectivity index (χ4v) is 1.82. The van der Waals surface area contributed by atoms with Gasteiger partial charge < -0.3 is 10.5 Å². The molecule has 0 fully saturated rings. The molecule has 0 spiro atoms. The number of aromatic nitrogens is 1. The van der Waals surface area contributed by atoms with Gasteiger partial charge in [0, 0.05) is 6.42 Å². The van der Waals surface area contributed by atoms with E-state index in [0.29, 0.717) is 28.3 Å². The van der Waals surface area contributed by atoms with Crippen LogP contribution >= 0.6 is 22.9 Å². The van der Waals surface area contributed by atoms with E-state index in [1.165, 1.54) is 11.3 Å². The topological polar surface area (TPSA) is 48.1 Å². The summed E-state index contributed by atoms with van der Waals surface area (Å²) in [5, 5.41) is 0.476. The predicted octanol–water partition coefficient (Wildman–Crippen LogP) is 2.47. The normalized spacial score (nSPS) is 10.0. The molecule has 1 aromatic heterocycles. The minimum Gasteiger partial charge on any atom is -0.498 e. The third-order valence-electron chi connectivity index (χ3n) is 1.38. The van der Waals surface area contributed by atoms with Crippen molar-refractivity contribution in [3.8, 4) is 0 Å². The van der Waals surface area contributed by atoms with Crippen molar-refractivity contribution in [2.75, 3.05) is 12.3 Å². The first-order chi connectivity index (χ1) is 6.13. The first kappa shape index (κ1) is 10.3. The molecular formula is C8H11ClN2OS. The molecule has 13 heavy (non-hydrogen) atoms. The molecule has 0 unspecified atom stereocenters. The van der Waals surface area contributed by atoms with Crippen molar-refractivity contribution in [3.63, 3.8) is 0 Å². The lowest BCUT2D eigenvalue weighted by Crippen LogP contribution is -1.96. The second-order valence-corrected chi connectivity index (χ2v) is 4.05. The maximum atomic E-state index is 5.87. The third-order valence-corrected chi connectivity index (χ3v) is 2.54. The molecule has 0 aliphatic heterocycles. The number of hydrogen-bond donors (Lipinski definition) is 1. The van der Waals surface area contributed by atoms with Crippen LogP contribution < -0.4 is 5.73 Å². The molecule has 1 heterocycles. The number of nitrogens with zero attached hydrogens (tertiary/aromatic N) is 1. The van der Waals surface area contributed by atoms with Gasteiger partial charge in [0.2, 0.25) is 0 Å².